The fourth-order valence-corrected chi connectivity index (χ4v) is 1.39. The Bertz CT molecular complexity index is 356. The number of hydrogen-bond acceptors (Lipinski definition) is 5. The Morgan fingerprint density at radius 2 is 2.11 bits per heavy atom. The molecule has 0 saturated carbocycles. The average molecular weight is 253 g/mol. The summed E-state index contributed by atoms with van der Waals surface area (Å²) in [5.74, 6) is 1.87. The summed E-state index contributed by atoms with van der Waals surface area (Å²) in [7, 11) is 1.55. The summed E-state index contributed by atoms with van der Waals surface area (Å²) in [4.78, 5) is 4.22. The number of pyridine rings is 1. The minimum Gasteiger partial charge on any atom is -0.479 e. The van der Waals surface area contributed by atoms with Crippen molar-refractivity contribution in [2.75, 3.05) is 37.9 Å². The van der Waals surface area contributed by atoms with Crippen LogP contribution in [0.2, 0.25) is 0 Å². The molecule has 0 fully saturated rings. The molecule has 0 atom stereocenters. The second-order valence-corrected chi connectivity index (χ2v) is 4.52. The van der Waals surface area contributed by atoms with Gasteiger partial charge in [-0.15, -0.1) is 0 Å². The van der Waals surface area contributed by atoms with E-state index in [4.69, 9.17) is 15.2 Å². The van der Waals surface area contributed by atoms with Gasteiger partial charge >= 0.3 is 0 Å². The van der Waals surface area contributed by atoms with Crippen LogP contribution in [0.1, 0.15) is 20.3 Å². The van der Waals surface area contributed by atoms with E-state index in [1.165, 1.54) is 0 Å². The van der Waals surface area contributed by atoms with Gasteiger partial charge in [-0.25, -0.2) is 0 Å². The maximum atomic E-state index is 5.68. The molecule has 0 amide bonds. The SMILES string of the molecule is COc1nc(NCCOCCC(C)C)ccc1N. The number of methoxy groups -OCH3 is 1. The predicted molar refractivity (Wildman–Crippen MR) is 74.0 cm³/mol. The van der Waals surface area contributed by atoms with Gasteiger partial charge in [-0.2, -0.15) is 4.98 Å². The highest BCUT2D eigenvalue weighted by Crippen LogP contribution is 2.19. The molecule has 1 heterocycles. The average Bonchev–Trinajstić information content (AvgIpc) is 2.35. The number of nitrogens with one attached hydrogen (secondary N) is 1. The lowest BCUT2D eigenvalue weighted by Gasteiger charge is -2.09. The topological polar surface area (TPSA) is 69.4 Å². The number of nitrogens with zero attached hydrogens (tertiary/aromatic N) is 1. The minimum absolute atomic E-state index is 0.445. The lowest BCUT2D eigenvalue weighted by molar-refractivity contribution is 0.132. The number of rotatable bonds is 8. The molecule has 102 valence electrons. The Kier molecular flexibility index (Phi) is 6.28. The van der Waals surface area contributed by atoms with Crippen molar-refractivity contribution in [2.45, 2.75) is 20.3 Å². The third kappa shape index (κ3) is 5.23. The Balaban J connectivity index is 2.23. The Morgan fingerprint density at radius 1 is 1.33 bits per heavy atom. The van der Waals surface area contributed by atoms with Crippen LogP contribution < -0.4 is 15.8 Å². The maximum Gasteiger partial charge on any atom is 0.238 e. The molecule has 3 N–H and O–H groups in total. The summed E-state index contributed by atoms with van der Waals surface area (Å²) in [6.07, 6.45) is 1.09. The molecule has 0 saturated heterocycles. The number of nitrogens with two attached hydrogens (primary N) is 1. The molecule has 1 aromatic rings. The van der Waals surface area contributed by atoms with Crippen molar-refractivity contribution in [1.29, 1.82) is 0 Å². The van der Waals surface area contributed by atoms with Crippen molar-refractivity contribution in [3.63, 3.8) is 0 Å². The van der Waals surface area contributed by atoms with E-state index in [9.17, 15) is 0 Å². The zero-order valence-corrected chi connectivity index (χ0v) is 11.4. The van der Waals surface area contributed by atoms with Gasteiger partial charge in [0.15, 0.2) is 0 Å². The minimum atomic E-state index is 0.445. The molecule has 1 rings (SSSR count). The van der Waals surface area contributed by atoms with E-state index in [1.807, 2.05) is 6.07 Å². The molecule has 0 radical (unpaired) electrons. The third-order valence-corrected chi connectivity index (χ3v) is 2.48. The van der Waals surface area contributed by atoms with Gasteiger partial charge in [-0.1, -0.05) is 13.8 Å². The predicted octanol–water partition coefficient (Wildman–Crippen LogP) is 2.15. The van der Waals surface area contributed by atoms with Crippen molar-refractivity contribution < 1.29 is 9.47 Å². The largest absolute Gasteiger partial charge is 0.479 e. The summed E-state index contributed by atoms with van der Waals surface area (Å²) >= 11 is 0. The molecule has 5 nitrogen and oxygen atoms in total. The number of aromatic nitrogens is 1. The highest BCUT2D eigenvalue weighted by Gasteiger charge is 2.02. The van der Waals surface area contributed by atoms with E-state index in [-0.39, 0.29) is 0 Å². The molecular weight excluding hydrogens is 230 g/mol. The molecule has 18 heavy (non-hydrogen) atoms. The van der Waals surface area contributed by atoms with Crippen molar-refractivity contribution in [1.82, 2.24) is 4.98 Å². The molecule has 0 aromatic carbocycles. The van der Waals surface area contributed by atoms with Gasteiger partial charge in [0, 0.05) is 13.2 Å². The van der Waals surface area contributed by atoms with Crippen LogP contribution in [-0.2, 0) is 4.74 Å². The first-order valence-corrected chi connectivity index (χ1v) is 6.25. The van der Waals surface area contributed by atoms with Gasteiger partial charge in [0.1, 0.15) is 5.82 Å². The fraction of sp³-hybridized carbons (Fsp3) is 0.615. The molecule has 0 bridgehead atoms. The zero-order valence-electron chi connectivity index (χ0n) is 11.4. The lowest BCUT2D eigenvalue weighted by atomic mass is 10.1. The number of nitrogen functional groups attached to an aromatic ring is 1. The Hall–Kier alpha value is -1.49. The summed E-state index contributed by atoms with van der Waals surface area (Å²) < 4.78 is 10.5. The van der Waals surface area contributed by atoms with Gasteiger partial charge in [-0.05, 0) is 24.5 Å². The van der Waals surface area contributed by atoms with Gasteiger partial charge in [0.2, 0.25) is 5.88 Å². The fourth-order valence-electron chi connectivity index (χ4n) is 1.39. The number of anilines is 2. The zero-order chi connectivity index (χ0) is 13.4. The van der Waals surface area contributed by atoms with Gasteiger partial charge in [0.25, 0.3) is 0 Å². The van der Waals surface area contributed by atoms with E-state index < -0.39 is 0 Å². The van der Waals surface area contributed by atoms with Crippen LogP contribution >= 0.6 is 0 Å². The maximum absolute atomic E-state index is 5.68. The molecular formula is C13H23N3O2. The normalized spacial score (nSPS) is 10.7. The van der Waals surface area contributed by atoms with Crippen LogP contribution in [0.3, 0.4) is 0 Å². The molecule has 0 aliphatic rings. The molecule has 0 spiro atoms. The highest BCUT2D eigenvalue weighted by molar-refractivity contribution is 5.53. The lowest BCUT2D eigenvalue weighted by Crippen LogP contribution is -2.12. The van der Waals surface area contributed by atoms with Gasteiger partial charge < -0.3 is 20.5 Å². The van der Waals surface area contributed by atoms with Crippen molar-refractivity contribution >= 4 is 11.5 Å². The second kappa shape index (κ2) is 7.76. The molecule has 0 aliphatic carbocycles. The first-order chi connectivity index (χ1) is 8.63. The van der Waals surface area contributed by atoms with E-state index in [0.717, 1.165) is 25.4 Å². The van der Waals surface area contributed by atoms with Crippen LogP contribution in [0.25, 0.3) is 0 Å². The van der Waals surface area contributed by atoms with Crippen LogP contribution in [0.4, 0.5) is 11.5 Å². The summed E-state index contributed by atoms with van der Waals surface area (Å²) in [6, 6.07) is 3.60. The smallest absolute Gasteiger partial charge is 0.238 e. The van der Waals surface area contributed by atoms with Gasteiger partial charge in [-0.3, -0.25) is 0 Å². The van der Waals surface area contributed by atoms with Crippen molar-refractivity contribution in [2.24, 2.45) is 5.92 Å². The summed E-state index contributed by atoms with van der Waals surface area (Å²) in [6.45, 7) is 6.56. The van der Waals surface area contributed by atoms with Crippen LogP contribution in [0.15, 0.2) is 12.1 Å². The first kappa shape index (κ1) is 14.6. The van der Waals surface area contributed by atoms with Crippen LogP contribution in [0.5, 0.6) is 5.88 Å². The van der Waals surface area contributed by atoms with E-state index >= 15 is 0 Å². The second-order valence-electron chi connectivity index (χ2n) is 4.52. The quantitative estimate of drug-likeness (QED) is 0.695. The molecule has 5 heteroatoms. The highest BCUT2D eigenvalue weighted by atomic mass is 16.5. The number of hydrogen-bond donors (Lipinski definition) is 2. The van der Waals surface area contributed by atoms with E-state index in [1.54, 1.807) is 13.2 Å². The van der Waals surface area contributed by atoms with Crippen LogP contribution in [0, 0.1) is 5.92 Å². The Labute approximate surface area is 109 Å². The van der Waals surface area contributed by atoms with E-state index in [2.05, 4.69) is 24.1 Å². The molecule has 1 aromatic heterocycles. The van der Waals surface area contributed by atoms with Crippen LogP contribution in [-0.4, -0.2) is 31.9 Å². The molecule has 0 unspecified atom stereocenters. The molecule has 0 aliphatic heterocycles. The Morgan fingerprint density at radius 3 is 2.78 bits per heavy atom. The summed E-state index contributed by atoms with van der Waals surface area (Å²) in [5.41, 5.74) is 6.22. The van der Waals surface area contributed by atoms with E-state index in [0.29, 0.717) is 24.1 Å². The third-order valence-electron chi connectivity index (χ3n) is 2.48. The monoisotopic (exact) mass is 253 g/mol. The van der Waals surface area contributed by atoms with Gasteiger partial charge in [0.05, 0.1) is 19.4 Å². The van der Waals surface area contributed by atoms with Crippen molar-refractivity contribution in [3.8, 4) is 5.88 Å². The van der Waals surface area contributed by atoms with Crippen molar-refractivity contribution in [3.05, 3.63) is 12.1 Å². The standard InChI is InChI=1S/C13H23N3O2/c1-10(2)6-8-18-9-7-15-12-5-4-11(14)13(16-12)17-3/h4-5,10H,6-9,14H2,1-3H3,(H,15,16). The number of ether oxygens (including phenoxy) is 2. The first-order valence-electron chi connectivity index (χ1n) is 6.25. The summed E-state index contributed by atoms with van der Waals surface area (Å²) in [5, 5.41) is 3.16.